The standard InChI is InChI=1S/C20H37N3O5/c1-6-10-26-28-13(2)8-7-9-16(12-24)19(25-5)18-15(4)17(23-20(21)22)11-14(3)27-18/h11,15-19,24H,2,6-10,12H2,1,3-5H3,(H4,21,22,23)/t15-,16-,17+,18-,19-/m1/s1. The van der Waals surface area contributed by atoms with Crippen molar-refractivity contribution in [3.8, 4) is 0 Å². The second-order valence-electron chi connectivity index (χ2n) is 7.24. The zero-order valence-electron chi connectivity index (χ0n) is 17.6. The molecule has 5 N–H and O–H groups in total. The van der Waals surface area contributed by atoms with E-state index in [1.54, 1.807) is 7.11 Å². The summed E-state index contributed by atoms with van der Waals surface area (Å²) in [5.74, 6) is 1.25. The van der Waals surface area contributed by atoms with Crippen molar-refractivity contribution in [3.05, 3.63) is 24.2 Å². The van der Waals surface area contributed by atoms with Gasteiger partial charge < -0.3 is 30.9 Å². The summed E-state index contributed by atoms with van der Waals surface area (Å²) in [4.78, 5) is 14.4. The molecule has 0 aromatic rings. The molecule has 0 saturated heterocycles. The Labute approximate surface area is 168 Å². The lowest BCUT2D eigenvalue weighted by Gasteiger charge is -2.40. The van der Waals surface area contributed by atoms with Crippen LogP contribution < -0.4 is 11.5 Å². The van der Waals surface area contributed by atoms with E-state index < -0.39 is 0 Å². The van der Waals surface area contributed by atoms with E-state index in [4.69, 9.17) is 30.7 Å². The number of nitrogens with two attached hydrogens (primary N) is 2. The topological polar surface area (TPSA) is 122 Å². The fourth-order valence-corrected chi connectivity index (χ4v) is 3.41. The number of rotatable bonds is 13. The Balaban J connectivity index is 2.71. The summed E-state index contributed by atoms with van der Waals surface area (Å²) in [5, 5.41) is 9.96. The first-order valence-electron chi connectivity index (χ1n) is 9.88. The number of methoxy groups -OCH3 is 1. The van der Waals surface area contributed by atoms with Gasteiger partial charge in [-0.15, -0.1) is 0 Å². The maximum atomic E-state index is 9.96. The van der Waals surface area contributed by atoms with Gasteiger partial charge >= 0.3 is 0 Å². The van der Waals surface area contributed by atoms with E-state index in [1.165, 1.54) is 0 Å². The molecule has 0 spiro atoms. The van der Waals surface area contributed by atoms with Crippen LogP contribution >= 0.6 is 0 Å². The van der Waals surface area contributed by atoms with Crippen molar-refractivity contribution in [1.82, 2.24) is 0 Å². The number of aliphatic hydroxyl groups is 1. The van der Waals surface area contributed by atoms with Crippen molar-refractivity contribution >= 4 is 5.96 Å². The SMILES string of the molecule is C=C(CCC[C@H](CO)[C@@H](OC)[C@@H]1OC(C)=C[C@H](N=C(N)N)[C@H]1C)OOCCC. The highest BCUT2D eigenvalue weighted by Crippen LogP contribution is 2.32. The molecule has 0 bridgehead atoms. The van der Waals surface area contributed by atoms with Crippen molar-refractivity contribution < 1.29 is 24.4 Å². The third-order valence-electron chi connectivity index (χ3n) is 4.87. The summed E-state index contributed by atoms with van der Waals surface area (Å²) in [7, 11) is 1.63. The highest BCUT2D eigenvalue weighted by atomic mass is 17.2. The highest BCUT2D eigenvalue weighted by Gasteiger charge is 2.39. The quantitative estimate of drug-likeness (QED) is 0.108. The molecule has 0 radical (unpaired) electrons. The van der Waals surface area contributed by atoms with Crippen LogP contribution in [0.2, 0.25) is 0 Å². The summed E-state index contributed by atoms with van der Waals surface area (Å²) in [5.41, 5.74) is 11.1. The Morgan fingerprint density at radius 1 is 1.43 bits per heavy atom. The molecule has 1 aliphatic rings. The van der Waals surface area contributed by atoms with E-state index in [0.717, 1.165) is 25.0 Å². The fraction of sp³-hybridized carbons (Fsp3) is 0.750. The van der Waals surface area contributed by atoms with Crippen molar-refractivity contribution in [2.45, 2.75) is 64.7 Å². The molecule has 8 nitrogen and oxygen atoms in total. The maximum Gasteiger partial charge on any atom is 0.186 e. The molecule has 1 rings (SSSR count). The van der Waals surface area contributed by atoms with E-state index in [-0.39, 0.29) is 42.7 Å². The molecule has 8 heteroatoms. The molecule has 5 atom stereocenters. The summed E-state index contributed by atoms with van der Waals surface area (Å²) in [6.45, 7) is 10.3. The van der Waals surface area contributed by atoms with Crippen LogP contribution in [0.15, 0.2) is 29.2 Å². The number of aliphatic hydroxyl groups excluding tert-OH is 1. The van der Waals surface area contributed by atoms with Gasteiger partial charge in [0.15, 0.2) is 5.96 Å². The second kappa shape index (κ2) is 12.6. The number of ether oxygens (including phenoxy) is 2. The molecule has 0 aliphatic carbocycles. The Kier molecular flexibility index (Phi) is 11.0. The van der Waals surface area contributed by atoms with E-state index in [0.29, 0.717) is 18.8 Å². The van der Waals surface area contributed by atoms with Crippen LogP contribution in [-0.4, -0.2) is 49.6 Å². The molecule has 162 valence electrons. The average molecular weight is 400 g/mol. The Bertz CT molecular complexity index is 534. The van der Waals surface area contributed by atoms with Gasteiger partial charge in [0.1, 0.15) is 11.9 Å². The Morgan fingerprint density at radius 3 is 2.71 bits per heavy atom. The average Bonchev–Trinajstić information content (AvgIpc) is 2.64. The molecular weight excluding hydrogens is 362 g/mol. The molecular formula is C20H37N3O5. The number of allylic oxidation sites excluding steroid dienone is 2. The zero-order valence-corrected chi connectivity index (χ0v) is 17.6. The smallest absolute Gasteiger partial charge is 0.186 e. The molecule has 0 unspecified atom stereocenters. The molecule has 0 saturated carbocycles. The Hall–Kier alpha value is -1.77. The van der Waals surface area contributed by atoms with Crippen LogP contribution in [-0.2, 0) is 19.2 Å². The van der Waals surface area contributed by atoms with Crippen LogP contribution in [0.3, 0.4) is 0 Å². The van der Waals surface area contributed by atoms with Gasteiger partial charge in [0.05, 0.1) is 24.5 Å². The van der Waals surface area contributed by atoms with Gasteiger partial charge in [-0.1, -0.05) is 20.4 Å². The minimum absolute atomic E-state index is 0.00876. The van der Waals surface area contributed by atoms with Crippen molar-refractivity contribution in [2.75, 3.05) is 20.3 Å². The van der Waals surface area contributed by atoms with Gasteiger partial charge in [-0.3, -0.25) is 0 Å². The third kappa shape index (κ3) is 7.69. The summed E-state index contributed by atoms with van der Waals surface area (Å²) in [6.07, 6.45) is 4.37. The van der Waals surface area contributed by atoms with Crippen LogP contribution in [0.5, 0.6) is 0 Å². The lowest BCUT2D eigenvalue weighted by Crippen LogP contribution is -2.47. The van der Waals surface area contributed by atoms with Gasteiger partial charge in [0.2, 0.25) is 0 Å². The lowest BCUT2D eigenvalue weighted by atomic mass is 9.83. The molecule has 0 aromatic carbocycles. The zero-order chi connectivity index (χ0) is 21.1. The predicted octanol–water partition coefficient (Wildman–Crippen LogP) is 2.23. The van der Waals surface area contributed by atoms with Crippen LogP contribution in [0.1, 0.15) is 46.5 Å². The second-order valence-corrected chi connectivity index (χ2v) is 7.24. The first-order valence-corrected chi connectivity index (χ1v) is 9.88. The molecule has 0 amide bonds. The number of hydrogen-bond donors (Lipinski definition) is 3. The summed E-state index contributed by atoms with van der Waals surface area (Å²) >= 11 is 0. The Morgan fingerprint density at radius 2 is 2.14 bits per heavy atom. The molecule has 28 heavy (non-hydrogen) atoms. The monoisotopic (exact) mass is 399 g/mol. The number of aliphatic imine (C=N–C) groups is 1. The van der Waals surface area contributed by atoms with Gasteiger partial charge in [0, 0.05) is 32.0 Å². The number of hydrogen-bond acceptors (Lipinski definition) is 6. The largest absolute Gasteiger partial charge is 0.492 e. The van der Waals surface area contributed by atoms with E-state index in [9.17, 15) is 5.11 Å². The highest BCUT2D eigenvalue weighted by molar-refractivity contribution is 5.76. The van der Waals surface area contributed by atoms with Crippen molar-refractivity contribution in [3.63, 3.8) is 0 Å². The van der Waals surface area contributed by atoms with E-state index >= 15 is 0 Å². The number of nitrogens with zero attached hydrogens (tertiary/aromatic N) is 1. The van der Waals surface area contributed by atoms with Crippen molar-refractivity contribution in [2.24, 2.45) is 28.3 Å². The van der Waals surface area contributed by atoms with Gasteiger partial charge in [-0.25, -0.2) is 4.99 Å². The van der Waals surface area contributed by atoms with E-state index in [1.807, 2.05) is 26.8 Å². The van der Waals surface area contributed by atoms with Crippen LogP contribution in [0.25, 0.3) is 0 Å². The van der Waals surface area contributed by atoms with Gasteiger partial charge in [-0.2, -0.15) is 4.89 Å². The molecule has 0 fully saturated rings. The molecule has 1 aliphatic heterocycles. The normalized spacial score (nSPS) is 23.9. The first-order chi connectivity index (χ1) is 13.3. The van der Waals surface area contributed by atoms with Gasteiger partial charge in [-0.05, 0) is 32.3 Å². The molecule has 0 aromatic heterocycles. The maximum absolute atomic E-state index is 9.96. The summed E-state index contributed by atoms with van der Waals surface area (Å²) < 4.78 is 11.8. The molecule has 1 heterocycles. The third-order valence-corrected chi connectivity index (χ3v) is 4.87. The van der Waals surface area contributed by atoms with Crippen molar-refractivity contribution in [1.29, 1.82) is 0 Å². The minimum atomic E-state index is -0.300. The van der Waals surface area contributed by atoms with Crippen LogP contribution in [0, 0.1) is 11.8 Å². The first kappa shape index (κ1) is 24.3. The van der Waals surface area contributed by atoms with E-state index in [2.05, 4.69) is 11.6 Å². The summed E-state index contributed by atoms with van der Waals surface area (Å²) in [6, 6.07) is -0.190. The fourth-order valence-electron chi connectivity index (χ4n) is 3.41. The minimum Gasteiger partial charge on any atom is -0.492 e. The number of guanidine groups is 1. The van der Waals surface area contributed by atoms with Crippen LogP contribution in [0.4, 0.5) is 0 Å². The van der Waals surface area contributed by atoms with Gasteiger partial charge in [0.25, 0.3) is 0 Å². The predicted molar refractivity (Wildman–Crippen MR) is 109 cm³/mol. The lowest BCUT2D eigenvalue weighted by molar-refractivity contribution is -0.263.